The summed E-state index contributed by atoms with van der Waals surface area (Å²) in [5.41, 5.74) is 0.358. The Labute approximate surface area is 117 Å². The third-order valence-corrected chi connectivity index (χ3v) is 2.65. The minimum absolute atomic E-state index is 0.136. The number of nitrogens with one attached hydrogen (secondary N) is 1. The maximum absolute atomic E-state index is 13.2. The highest BCUT2D eigenvalue weighted by atomic mass is 19.1. The number of hydrogen-bond donors (Lipinski definition) is 2. The molecule has 0 saturated heterocycles. The average molecular weight is 286 g/mol. The van der Waals surface area contributed by atoms with Gasteiger partial charge in [-0.1, -0.05) is 13.8 Å². The van der Waals surface area contributed by atoms with Crippen LogP contribution in [0.3, 0.4) is 0 Å². The monoisotopic (exact) mass is 286 g/mol. The molecule has 0 saturated carbocycles. The normalized spacial score (nSPS) is 11.2. The van der Waals surface area contributed by atoms with Gasteiger partial charge in [0.2, 0.25) is 5.91 Å². The Kier molecular flexibility index (Phi) is 5.88. The van der Waals surface area contributed by atoms with Gasteiger partial charge >= 0.3 is 0 Å². The van der Waals surface area contributed by atoms with Crippen LogP contribution >= 0.6 is 0 Å². The molecule has 0 aromatic heterocycles. The van der Waals surface area contributed by atoms with E-state index in [1.165, 1.54) is 0 Å². The highest BCUT2D eigenvalue weighted by Gasteiger charge is 2.12. The number of nitrogens with zero attached hydrogens (tertiary/aromatic N) is 1. The molecule has 0 aliphatic rings. The summed E-state index contributed by atoms with van der Waals surface area (Å²) in [5, 5.41) is 11.8. The Hall–Kier alpha value is -1.69. The summed E-state index contributed by atoms with van der Waals surface area (Å²) in [5.74, 6) is -2.76. The van der Waals surface area contributed by atoms with Crippen LogP contribution in [0.5, 0.6) is 5.75 Å². The van der Waals surface area contributed by atoms with Gasteiger partial charge in [-0.2, -0.15) is 0 Å². The summed E-state index contributed by atoms with van der Waals surface area (Å²) in [7, 11) is 1.68. The minimum atomic E-state index is -1.00. The SMILES string of the molecule is CC(C)CNC(=O)CN(C)Cc1cc(F)c(O)c(F)c1. The van der Waals surface area contributed by atoms with Crippen LogP contribution in [0, 0.1) is 17.6 Å². The summed E-state index contributed by atoms with van der Waals surface area (Å²) in [6.45, 7) is 4.92. The van der Waals surface area contributed by atoms with Gasteiger partial charge in [-0.05, 0) is 30.7 Å². The fourth-order valence-electron chi connectivity index (χ4n) is 1.70. The number of halogens is 2. The number of benzene rings is 1. The van der Waals surface area contributed by atoms with Gasteiger partial charge in [0.25, 0.3) is 0 Å². The van der Waals surface area contributed by atoms with Crippen LogP contribution in [-0.2, 0) is 11.3 Å². The highest BCUT2D eigenvalue weighted by Crippen LogP contribution is 2.21. The zero-order valence-corrected chi connectivity index (χ0v) is 11.9. The second-order valence-corrected chi connectivity index (χ2v) is 5.28. The number of hydrogen-bond acceptors (Lipinski definition) is 3. The van der Waals surface area contributed by atoms with Crippen molar-refractivity contribution in [2.45, 2.75) is 20.4 Å². The minimum Gasteiger partial charge on any atom is -0.503 e. The van der Waals surface area contributed by atoms with E-state index in [4.69, 9.17) is 5.11 Å². The molecule has 0 heterocycles. The van der Waals surface area contributed by atoms with E-state index in [1.54, 1.807) is 11.9 Å². The van der Waals surface area contributed by atoms with E-state index in [1.807, 2.05) is 13.8 Å². The maximum Gasteiger partial charge on any atom is 0.234 e. The molecule has 0 atom stereocenters. The number of likely N-dealkylation sites (N-methyl/N-ethyl adjacent to an activating group) is 1. The number of amides is 1. The Morgan fingerprint density at radius 3 is 2.40 bits per heavy atom. The number of phenols is 1. The molecule has 0 bridgehead atoms. The van der Waals surface area contributed by atoms with Crippen molar-refractivity contribution in [2.75, 3.05) is 20.1 Å². The standard InChI is InChI=1S/C14H20F2N2O2/c1-9(2)6-17-13(19)8-18(3)7-10-4-11(15)14(20)12(16)5-10/h4-5,9,20H,6-8H2,1-3H3,(H,17,19). The first-order valence-corrected chi connectivity index (χ1v) is 6.41. The second kappa shape index (κ2) is 7.19. The molecule has 0 fully saturated rings. The topological polar surface area (TPSA) is 52.6 Å². The van der Waals surface area contributed by atoms with Crippen LogP contribution in [0.25, 0.3) is 0 Å². The smallest absolute Gasteiger partial charge is 0.234 e. The zero-order valence-electron chi connectivity index (χ0n) is 11.9. The van der Waals surface area contributed by atoms with Crippen molar-refractivity contribution in [1.82, 2.24) is 10.2 Å². The molecule has 1 aromatic rings. The second-order valence-electron chi connectivity index (χ2n) is 5.28. The Balaban J connectivity index is 2.54. The van der Waals surface area contributed by atoms with Gasteiger partial charge in [0, 0.05) is 13.1 Å². The number of aromatic hydroxyl groups is 1. The van der Waals surface area contributed by atoms with Crippen molar-refractivity contribution in [3.05, 3.63) is 29.3 Å². The third-order valence-electron chi connectivity index (χ3n) is 2.65. The zero-order chi connectivity index (χ0) is 15.3. The lowest BCUT2D eigenvalue weighted by Gasteiger charge is -2.17. The summed E-state index contributed by atoms with van der Waals surface area (Å²) in [6.07, 6.45) is 0. The van der Waals surface area contributed by atoms with Crippen LogP contribution in [0.4, 0.5) is 8.78 Å². The van der Waals surface area contributed by atoms with Crippen LogP contribution in [0.1, 0.15) is 19.4 Å². The van der Waals surface area contributed by atoms with Gasteiger partial charge in [-0.15, -0.1) is 0 Å². The lowest BCUT2D eigenvalue weighted by Crippen LogP contribution is -2.36. The molecule has 20 heavy (non-hydrogen) atoms. The van der Waals surface area contributed by atoms with E-state index in [9.17, 15) is 13.6 Å². The lowest BCUT2D eigenvalue weighted by molar-refractivity contribution is -0.122. The predicted molar refractivity (Wildman–Crippen MR) is 72.2 cm³/mol. The number of phenolic OH excluding ortho intramolecular Hbond substituents is 1. The first-order chi connectivity index (χ1) is 9.29. The molecule has 2 N–H and O–H groups in total. The van der Waals surface area contributed by atoms with Gasteiger partial charge in [0.05, 0.1) is 6.54 Å². The Morgan fingerprint density at radius 2 is 1.90 bits per heavy atom. The van der Waals surface area contributed by atoms with Gasteiger partial charge in [-0.3, -0.25) is 9.69 Å². The van der Waals surface area contributed by atoms with E-state index in [2.05, 4.69) is 5.32 Å². The average Bonchev–Trinajstić information content (AvgIpc) is 2.33. The highest BCUT2D eigenvalue weighted by molar-refractivity contribution is 5.77. The van der Waals surface area contributed by atoms with Gasteiger partial charge in [-0.25, -0.2) is 8.78 Å². The largest absolute Gasteiger partial charge is 0.503 e. The van der Waals surface area contributed by atoms with Crippen LogP contribution < -0.4 is 5.32 Å². The van der Waals surface area contributed by atoms with Gasteiger partial charge in [0.15, 0.2) is 17.4 Å². The predicted octanol–water partition coefficient (Wildman–Crippen LogP) is 1.87. The summed E-state index contributed by atoms with van der Waals surface area (Å²) >= 11 is 0. The van der Waals surface area contributed by atoms with Crippen molar-refractivity contribution in [2.24, 2.45) is 5.92 Å². The summed E-state index contributed by atoms with van der Waals surface area (Å²) < 4.78 is 26.3. The molecule has 0 spiro atoms. The van der Waals surface area contributed by atoms with Crippen LogP contribution in [0.15, 0.2) is 12.1 Å². The van der Waals surface area contributed by atoms with E-state index < -0.39 is 17.4 Å². The first kappa shape index (κ1) is 16.4. The molecular formula is C14H20F2N2O2. The molecule has 0 radical (unpaired) electrons. The quantitative estimate of drug-likeness (QED) is 0.839. The fourth-order valence-corrected chi connectivity index (χ4v) is 1.70. The molecule has 1 aromatic carbocycles. The lowest BCUT2D eigenvalue weighted by atomic mass is 10.2. The Bertz CT molecular complexity index is 455. The molecule has 1 rings (SSSR count). The fraction of sp³-hybridized carbons (Fsp3) is 0.500. The summed E-state index contributed by atoms with van der Waals surface area (Å²) in [4.78, 5) is 13.2. The molecule has 1 amide bonds. The number of carbonyl (C=O) groups is 1. The van der Waals surface area contributed by atoms with Crippen LogP contribution in [-0.4, -0.2) is 36.1 Å². The third kappa shape index (κ3) is 5.13. The van der Waals surface area contributed by atoms with Gasteiger partial charge in [0.1, 0.15) is 0 Å². The maximum atomic E-state index is 13.2. The van der Waals surface area contributed by atoms with E-state index in [0.717, 1.165) is 12.1 Å². The Morgan fingerprint density at radius 1 is 1.35 bits per heavy atom. The van der Waals surface area contributed by atoms with E-state index in [-0.39, 0.29) is 19.0 Å². The van der Waals surface area contributed by atoms with Crippen LogP contribution in [0.2, 0.25) is 0 Å². The van der Waals surface area contributed by atoms with Crippen molar-refractivity contribution in [3.63, 3.8) is 0 Å². The molecule has 0 aliphatic carbocycles. The van der Waals surface area contributed by atoms with Crippen molar-refractivity contribution in [1.29, 1.82) is 0 Å². The van der Waals surface area contributed by atoms with Gasteiger partial charge < -0.3 is 10.4 Å². The van der Waals surface area contributed by atoms with E-state index >= 15 is 0 Å². The summed E-state index contributed by atoms with van der Waals surface area (Å²) in [6, 6.07) is 2.11. The molecule has 112 valence electrons. The first-order valence-electron chi connectivity index (χ1n) is 6.41. The van der Waals surface area contributed by atoms with Crippen molar-refractivity contribution >= 4 is 5.91 Å². The number of carbonyl (C=O) groups excluding carboxylic acids is 1. The van der Waals surface area contributed by atoms with Crippen molar-refractivity contribution in [3.8, 4) is 5.75 Å². The van der Waals surface area contributed by atoms with Crippen molar-refractivity contribution < 1.29 is 18.7 Å². The molecule has 6 heteroatoms. The molecular weight excluding hydrogens is 266 g/mol. The molecule has 4 nitrogen and oxygen atoms in total. The van der Waals surface area contributed by atoms with E-state index in [0.29, 0.717) is 18.0 Å². The molecule has 0 unspecified atom stereocenters. The molecule has 0 aliphatic heterocycles. The number of rotatable bonds is 6.